The highest BCUT2D eigenvalue weighted by Crippen LogP contribution is 2.34. The molecule has 2 fully saturated rings. The highest BCUT2D eigenvalue weighted by atomic mass is 35.5. The van der Waals surface area contributed by atoms with Crippen LogP contribution in [-0.2, 0) is 20.9 Å². The summed E-state index contributed by atoms with van der Waals surface area (Å²) in [6.07, 6.45) is 3.07. The van der Waals surface area contributed by atoms with Gasteiger partial charge >= 0.3 is 12.0 Å². The summed E-state index contributed by atoms with van der Waals surface area (Å²) < 4.78 is 5.12. The van der Waals surface area contributed by atoms with Gasteiger partial charge in [-0.1, -0.05) is 36.6 Å². The number of urea groups is 1. The minimum Gasteiger partial charge on any atom is -0.459 e. The van der Waals surface area contributed by atoms with Gasteiger partial charge in [0.05, 0.1) is 0 Å². The van der Waals surface area contributed by atoms with Crippen molar-refractivity contribution in [1.82, 2.24) is 10.2 Å². The number of carbonyl (C=O) groups is 3. The standard InChI is InChI=1S/C16H17ClN2O4/c17-12-5-3-11(4-6-12)10-23-13(20)9-19-14(21)16(18-15(19)22)7-1-2-8-16/h3-6H,1-2,7-10H2,(H,18,22). The van der Waals surface area contributed by atoms with Gasteiger partial charge in [0.25, 0.3) is 5.91 Å². The van der Waals surface area contributed by atoms with Crippen LogP contribution >= 0.6 is 11.6 Å². The Kier molecular flexibility index (Phi) is 4.26. The molecule has 0 aromatic heterocycles. The smallest absolute Gasteiger partial charge is 0.326 e. The summed E-state index contributed by atoms with van der Waals surface area (Å²) in [4.78, 5) is 37.2. The van der Waals surface area contributed by atoms with Crippen molar-refractivity contribution in [2.24, 2.45) is 0 Å². The zero-order chi connectivity index (χ0) is 16.4. The molecule has 0 bridgehead atoms. The zero-order valence-corrected chi connectivity index (χ0v) is 13.3. The molecule has 1 aromatic carbocycles. The van der Waals surface area contributed by atoms with Crippen LogP contribution in [0.4, 0.5) is 4.79 Å². The molecule has 1 saturated carbocycles. The van der Waals surface area contributed by atoms with Crippen molar-refractivity contribution in [3.63, 3.8) is 0 Å². The number of nitrogens with one attached hydrogen (secondary N) is 1. The summed E-state index contributed by atoms with van der Waals surface area (Å²) in [7, 11) is 0. The second kappa shape index (κ2) is 6.20. The molecule has 0 atom stereocenters. The first kappa shape index (κ1) is 15.8. The summed E-state index contributed by atoms with van der Waals surface area (Å²) in [5.74, 6) is -0.929. The van der Waals surface area contributed by atoms with Crippen LogP contribution < -0.4 is 5.32 Å². The fourth-order valence-corrected chi connectivity index (χ4v) is 3.18. The third-order valence-electron chi connectivity index (χ3n) is 4.30. The highest BCUT2D eigenvalue weighted by molar-refractivity contribution is 6.30. The molecule has 1 heterocycles. The minimum atomic E-state index is -0.798. The lowest BCUT2D eigenvalue weighted by Gasteiger charge is -2.19. The number of ether oxygens (including phenoxy) is 1. The molecular weight excluding hydrogens is 320 g/mol. The summed E-state index contributed by atoms with van der Waals surface area (Å²) in [5.41, 5.74) is -0.0136. The van der Waals surface area contributed by atoms with Gasteiger partial charge in [-0.3, -0.25) is 14.5 Å². The van der Waals surface area contributed by atoms with E-state index in [1.54, 1.807) is 24.3 Å². The molecule has 1 spiro atoms. The number of benzene rings is 1. The number of halogens is 1. The fraction of sp³-hybridized carbons (Fsp3) is 0.438. The summed E-state index contributed by atoms with van der Waals surface area (Å²) in [6, 6.07) is 6.38. The number of carbonyl (C=O) groups excluding carboxylic acids is 3. The van der Waals surface area contributed by atoms with Crippen LogP contribution in [0.3, 0.4) is 0 Å². The lowest BCUT2D eigenvalue weighted by atomic mass is 9.98. The third-order valence-corrected chi connectivity index (χ3v) is 4.56. The number of hydrogen-bond donors (Lipinski definition) is 1. The number of hydrogen-bond acceptors (Lipinski definition) is 4. The topological polar surface area (TPSA) is 75.7 Å². The van der Waals surface area contributed by atoms with Crippen LogP contribution in [0.2, 0.25) is 5.02 Å². The zero-order valence-electron chi connectivity index (χ0n) is 12.5. The van der Waals surface area contributed by atoms with E-state index in [9.17, 15) is 14.4 Å². The molecule has 0 unspecified atom stereocenters. The summed E-state index contributed by atoms with van der Waals surface area (Å²) in [6.45, 7) is -0.287. The van der Waals surface area contributed by atoms with Crippen LogP contribution in [0.1, 0.15) is 31.2 Å². The number of imide groups is 1. The number of rotatable bonds is 4. The van der Waals surface area contributed by atoms with Gasteiger partial charge in [0.15, 0.2) is 0 Å². The Morgan fingerprint density at radius 2 is 1.87 bits per heavy atom. The van der Waals surface area contributed by atoms with Crippen molar-refractivity contribution in [3.8, 4) is 0 Å². The molecule has 0 radical (unpaired) electrons. The molecule has 23 heavy (non-hydrogen) atoms. The van der Waals surface area contributed by atoms with Gasteiger partial charge in [-0.15, -0.1) is 0 Å². The first-order valence-corrected chi connectivity index (χ1v) is 7.92. The van der Waals surface area contributed by atoms with Crippen molar-refractivity contribution in [2.45, 2.75) is 37.8 Å². The van der Waals surface area contributed by atoms with Crippen molar-refractivity contribution >= 4 is 29.5 Å². The van der Waals surface area contributed by atoms with Crippen LogP contribution in [-0.4, -0.2) is 34.9 Å². The van der Waals surface area contributed by atoms with E-state index in [1.165, 1.54) is 0 Å². The van der Waals surface area contributed by atoms with E-state index < -0.39 is 17.5 Å². The second-order valence-electron chi connectivity index (χ2n) is 5.90. The second-order valence-corrected chi connectivity index (χ2v) is 6.33. The van der Waals surface area contributed by atoms with Crippen LogP contribution in [0, 0.1) is 0 Å². The Balaban J connectivity index is 1.56. The first-order chi connectivity index (χ1) is 11.0. The average Bonchev–Trinajstić information content (AvgIpc) is 3.08. The van der Waals surface area contributed by atoms with Gasteiger partial charge in [0.2, 0.25) is 0 Å². The van der Waals surface area contributed by atoms with E-state index >= 15 is 0 Å². The Morgan fingerprint density at radius 3 is 2.52 bits per heavy atom. The van der Waals surface area contributed by atoms with E-state index in [1.807, 2.05) is 0 Å². The summed E-state index contributed by atoms with van der Waals surface area (Å²) >= 11 is 5.78. The third kappa shape index (κ3) is 3.17. The van der Waals surface area contributed by atoms with Crippen LogP contribution in [0.25, 0.3) is 0 Å². The van der Waals surface area contributed by atoms with Gasteiger partial charge in [0, 0.05) is 5.02 Å². The van der Waals surface area contributed by atoms with Crippen molar-refractivity contribution < 1.29 is 19.1 Å². The molecule has 3 amide bonds. The molecule has 1 aliphatic heterocycles. The van der Waals surface area contributed by atoms with Crippen molar-refractivity contribution in [1.29, 1.82) is 0 Å². The normalized spacial score (nSPS) is 19.3. The van der Waals surface area contributed by atoms with E-state index in [4.69, 9.17) is 16.3 Å². The molecule has 7 heteroatoms. The fourth-order valence-electron chi connectivity index (χ4n) is 3.06. The molecule has 122 valence electrons. The van der Waals surface area contributed by atoms with Gasteiger partial charge in [-0.25, -0.2) is 4.79 Å². The number of esters is 1. The molecule has 6 nitrogen and oxygen atoms in total. The van der Waals surface area contributed by atoms with E-state index in [2.05, 4.69) is 5.32 Å². The van der Waals surface area contributed by atoms with Crippen LogP contribution in [0.5, 0.6) is 0 Å². The summed E-state index contributed by atoms with van der Waals surface area (Å²) in [5, 5.41) is 3.33. The molecule has 2 aliphatic rings. The maximum atomic E-state index is 12.4. The Hall–Kier alpha value is -2.08. The SMILES string of the molecule is O=C(CN1C(=O)NC2(CCCC2)C1=O)OCc1ccc(Cl)cc1. The highest BCUT2D eigenvalue weighted by Gasteiger charge is 2.52. The van der Waals surface area contributed by atoms with Crippen LogP contribution in [0.15, 0.2) is 24.3 Å². The first-order valence-electron chi connectivity index (χ1n) is 7.54. The predicted molar refractivity (Wildman–Crippen MR) is 82.7 cm³/mol. The van der Waals surface area contributed by atoms with Gasteiger partial charge < -0.3 is 10.1 Å². The minimum absolute atomic E-state index is 0.0742. The molecule has 1 aliphatic carbocycles. The van der Waals surface area contributed by atoms with Gasteiger partial charge in [0.1, 0.15) is 18.7 Å². The molecule has 1 N–H and O–H groups in total. The number of amides is 3. The maximum Gasteiger partial charge on any atom is 0.326 e. The Morgan fingerprint density at radius 1 is 1.22 bits per heavy atom. The van der Waals surface area contributed by atoms with E-state index in [0.29, 0.717) is 17.9 Å². The van der Waals surface area contributed by atoms with E-state index in [-0.39, 0.29) is 19.1 Å². The van der Waals surface area contributed by atoms with Crippen molar-refractivity contribution in [3.05, 3.63) is 34.9 Å². The van der Waals surface area contributed by atoms with Gasteiger partial charge in [-0.2, -0.15) is 0 Å². The predicted octanol–water partition coefficient (Wildman–Crippen LogP) is 2.25. The maximum absolute atomic E-state index is 12.4. The average molecular weight is 337 g/mol. The molecule has 1 aromatic rings. The molecular formula is C16H17ClN2O4. The Labute approximate surface area is 138 Å². The molecule has 3 rings (SSSR count). The Bertz CT molecular complexity index is 638. The van der Waals surface area contributed by atoms with E-state index in [0.717, 1.165) is 23.3 Å². The lowest BCUT2D eigenvalue weighted by Crippen LogP contribution is -2.44. The van der Waals surface area contributed by atoms with Gasteiger partial charge in [-0.05, 0) is 30.5 Å². The number of nitrogens with zero attached hydrogens (tertiary/aromatic N) is 1. The largest absolute Gasteiger partial charge is 0.459 e. The van der Waals surface area contributed by atoms with Crippen molar-refractivity contribution in [2.75, 3.05) is 6.54 Å². The lowest BCUT2D eigenvalue weighted by molar-refractivity contribution is -0.148. The quantitative estimate of drug-likeness (QED) is 0.676. The molecule has 1 saturated heterocycles. The monoisotopic (exact) mass is 336 g/mol.